The SMILES string of the molecule is Cc1ccc(N2C(=O)C=CC2=O)c2cccc(Cl)c12. The van der Waals surface area contributed by atoms with Gasteiger partial charge in [-0.3, -0.25) is 9.59 Å². The Morgan fingerprint density at radius 3 is 2.37 bits per heavy atom. The molecule has 0 atom stereocenters. The lowest BCUT2D eigenvalue weighted by Crippen LogP contribution is -2.29. The third-order valence-electron chi connectivity index (χ3n) is 3.23. The zero-order valence-electron chi connectivity index (χ0n) is 10.2. The standard InChI is InChI=1S/C15H10ClNO2/c1-9-5-6-12(17-13(18)7-8-14(17)19)10-3-2-4-11(16)15(9)10/h2-8H,1H3. The number of anilines is 1. The summed E-state index contributed by atoms with van der Waals surface area (Å²) in [6.45, 7) is 1.95. The number of nitrogens with zero attached hydrogens (tertiary/aromatic N) is 1. The van der Waals surface area contributed by atoms with Crippen molar-refractivity contribution in [1.82, 2.24) is 0 Å². The summed E-state index contributed by atoms with van der Waals surface area (Å²) in [6.07, 6.45) is 2.55. The second-order valence-corrected chi connectivity index (χ2v) is 4.82. The fourth-order valence-electron chi connectivity index (χ4n) is 2.35. The average molecular weight is 272 g/mol. The van der Waals surface area contributed by atoms with Crippen LogP contribution in [0.3, 0.4) is 0 Å². The van der Waals surface area contributed by atoms with Crippen LogP contribution in [0.5, 0.6) is 0 Å². The smallest absolute Gasteiger partial charge is 0.258 e. The number of hydrogen-bond acceptors (Lipinski definition) is 2. The van der Waals surface area contributed by atoms with Crippen LogP contribution in [0.1, 0.15) is 5.56 Å². The highest BCUT2D eigenvalue weighted by Gasteiger charge is 2.26. The predicted octanol–water partition coefficient (Wildman–Crippen LogP) is 3.23. The van der Waals surface area contributed by atoms with Gasteiger partial charge in [-0.15, -0.1) is 0 Å². The van der Waals surface area contributed by atoms with Crippen molar-refractivity contribution in [2.24, 2.45) is 0 Å². The van der Waals surface area contributed by atoms with Gasteiger partial charge in [-0.25, -0.2) is 4.90 Å². The van der Waals surface area contributed by atoms with Gasteiger partial charge < -0.3 is 0 Å². The molecule has 0 spiro atoms. The molecule has 0 saturated heterocycles. The minimum Gasteiger partial charge on any atom is -0.269 e. The van der Waals surface area contributed by atoms with E-state index >= 15 is 0 Å². The lowest BCUT2D eigenvalue weighted by Gasteiger charge is -2.17. The Bertz CT molecular complexity index is 723. The summed E-state index contributed by atoms with van der Waals surface area (Å²) in [5.41, 5.74) is 1.58. The first-order chi connectivity index (χ1) is 9.09. The number of hydrogen-bond donors (Lipinski definition) is 0. The number of imide groups is 1. The third-order valence-corrected chi connectivity index (χ3v) is 3.54. The molecular formula is C15H10ClNO2. The van der Waals surface area contributed by atoms with Crippen molar-refractivity contribution in [3.63, 3.8) is 0 Å². The lowest BCUT2D eigenvalue weighted by atomic mass is 10.0. The number of fused-ring (bicyclic) bond motifs is 1. The number of benzene rings is 2. The highest BCUT2D eigenvalue weighted by Crippen LogP contribution is 2.34. The normalized spacial score (nSPS) is 14.7. The van der Waals surface area contributed by atoms with Gasteiger partial charge in [0.1, 0.15) is 0 Å². The molecule has 0 aromatic heterocycles. The monoisotopic (exact) mass is 271 g/mol. The molecule has 1 heterocycles. The van der Waals surface area contributed by atoms with Gasteiger partial charge in [0.2, 0.25) is 0 Å². The van der Waals surface area contributed by atoms with Gasteiger partial charge in [0.15, 0.2) is 0 Å². The summed E-state index contributed by atoms with van der Waals surface area (Å²) in [6, 6.07) is 9.11. The molecule has 0 N–H and O–H groups in total. The molecule has 0 bridgehead atoms. The van der Waals surface area contributed by atoms with E-state index in [4.69, 9.17) is 11.6 Å². The topological polar surface area (TPSA) is 37.4 Å². The van der Waals surface area contributed by atoms with Crippen molar-refractivity contribution in [2.45, 2.75) is 6.92 Å². The van der Waals surface area contributed by atoms with Gasteiger partial charge >= 0.3 is 0 Å². The highest BCUT2D eigenvalue weighted by atomic mass is 35.5. The molecule has 4 heteroatoms. The number of halogens is 1. The van der Waals surface area contributed by atoms with Crippen LogP contribution in [-0.4, -0.2) is 11.8 Å². The molecule has 0 fully saturated rings. The summed E-state index contributed by atoms with van der Waals surface area (Å²) in [4.78, 5) is 24.7. The summed E-state index contributed by atoms with van der Waals surface area (Å²) in [7, 11) is 0. The van der Waals surface area contributed by atoms with E-state index in [1.165, 1.54) is 12.2 Å². The van der Waals surface area contributed by atoms with Crippen LogP contribution in [0.15, 0.2) is 42.5 Å². The molecule has 2 amide bonds. The number of aryl methyl sites for hydroxylation is 1. The van der Waals surface area contributed by atoms with Gasteiger partial charge in [0, 0.05) is 27.9 Å². The van der Waals surface area contributed by atoms with E-state index < -0.39 is 0 Å². The molecule has 1 aliphatic heterocycles. The summed E-state index contributed by atoms with van der Waals surface area (Å²) < 4.78 is 0. The second kappa shape index (κ2) is 4.21. The van der Waals surface area contributed by atoms with Crippen LogP contribution in [0, 0.1) is 6.92 Å². The zero-order valence-corrected chi connectivity index (χ0v) is 10.9. The first-order valence-electron chi connectivity index (χ1n) is 5.83. The maximum atomic E-state index is 11.8. The molecule has 0 unspecified atom stereocenters. The Balaban J connectivity index is 2.32. The fourth-order valence-corrected chi connectivity index (χ4v) is 2.67. The predicted molar refractivity (Wildman–Crippen MR) is 75.3 cm³/mol. The van der Waals surface area contributed by atoms with Crippen molar-refractivity contribution in [1.29, 1.82) is 0 Å². The number of rotatable bonds is 1. The van der Waals surface area contributed by atoms with E-state index in [2.05, 4.69) is 0 Å². The van der Waals surface area contributed by atoms with Gasteiger partial charge in [-0.1, -0.05) is 29.8 Å². The third kappa shape index (κ3) is 1.74. The van der Waals surface area contributed by atoms with E-state index in [-0.39, 0.29) is 11.8 Å². The van der Waals surface area contributed by atoms with Gasteiger partial charge in [-0.2, -0.15) is 0 Å². The first-order valence-corrected chi connectivity index (χ1v) is 6.21. The number of carbonyl (C=O) groups is 2. The minimum atomic E-state index is -0.324. The van der Waals surface area contributed by atoms with Crippen molar-refractivity contribution in [2.75, 3.05) is 4.90 Å². The average Bonchev–Trinajstić information content (AvgIpc) is 2.70. The van der Waals surface area contributed by atoms with Crippen molar-refractivity contribution in [3.05, 3.63) is 53.1 Å². The Morgan fingerprint density at radius 1 is 1.00 bits per heavy atom. The van der Waals surface area contributed by atoms with Crippen LogP contribution < -0.4 is 4.90 Å². The van der Waals surface area contributed by atoms with Crippen molar-refractivity contribution in [3.8, 4) is 0 Å². The summed E-state index contributed by atoms with van der Waals surface area (Å²) in [5, 5.41) is 2.29. The Kier molecular flexibility index (Phi) is 2.64. The number of carbonyl (C=O) groups excluding carboxylic acids is 2. The quantitative estimate of drug-likeness (QED) is 0.747. The van der Waals surface area contributed by atoms with Crippen molar-refractivity contribution < 1.29 is 9.59 Å². The Labute approximate surface area is 115 Å². The maximum absolute atomic E-state index is 11.8. The van der Waals surface area contributed by atoms with Crippen LogP contribution in [0.25, 0.3) is 10.8 Å². The van der Waals surface area contributed by atoms with Crippen LogP contribution >= 0.6 is 11.6 Å². The molecule has 3 rings (SSSR count). The summed E-state index contributed by atoms with van der Waals surface area (Å²) >= 11 is 6.21. The fraction of sp³-hybridized carbons (Fsp3) is 0.0667. The molecule has 2 aromatic carbocycles. The summed E-state index contributed by atoms with van der Waals surface area (Å²) in [5.74, 6) is -0.648. The largest absolute Gasteiger partial charge is 0.269 e. The van der Waals surface area contributed by atoms with Crippen LogP contribution in [0.4, 0.5) is 5.69 Å². The molecule has 0 saturated carbocycles. The van der Waals surface area contributed by atoms with Gasteiger partial charge in [0.25, 0.3) is 11.8 Å². The number of amides is 2. The molecule has 0 aliphatic carbocycles. The van der Waals surface area contributed by atoms with Crippen LogP contribution in [-0.2, 0) is 9.59 Å². The van der Waals surface area contributed by atoms with Crippen LogP contribution in [0.2, 0.25) is 5.02 Å². The van der Waals surface area contributed by atoms with E-state index in [9.17, 15) is 9.59 Å². The second-order valence-electron chi connectivity index (χ2n) is 4.41. The van der Waals surface area contributed by atoms with Crippen molar-refractivity contribution >= 4 is 39.9 Å². The van der Waals surface area contributed by atoms with E-state index in [0.717, 1.165) is 21.2 Å². The molecule has 94 valence electrons. The Morgan fingerprint density at radius 2 is 1.68 bits per heavy atom. The molecule has 3 nitrogen and oxygen atoms in total. The first kappa shape index (κ1) is 11.9. The van der Waals surface area contributed by atoms with Gasteiger partial charge in [0.05, 0.1) is 5.69 Å². The minimum absolute atomic E-state index is 0.324. The van der Waals surface area contributed by atoms with Gasteiger partial charge in [-0.05, 0) is 24.6 Å². The molecule has 1 aliphatic rings. The zero-order chi connectivity index (χ0) is 13.6. The molecule has 2 aromatic rings. The van der Waals surface area contributed by atoms with E-state index in [0.29, 0.717) is 10.7 Å². The lowest BCUT2D eigenvalue weighted by molar-refractivity contribution is -0.119. The molecular weight excluding hydrogens is 262 g/mol. The maximum Gasteiger partial charge on any atom is 0.258 e. The van der Waals surface area contributed by atoms with E-state index in [1.807, 2.05) is 25.1 Å². The molecule has 19 heavy (non-hydrogen) atoms. The Hall–Kier alpha value is -2.13. The highest BCUT2D eigenvalue weighted by molar-refractivity contribution is 6.37. The molecule has 0 radical (unpaired) electrons. The van der Waals surface area contributed by atoms with E-state index in [1.54, 1.807) is 12.1 Å².